The fraction of sp³-hybridized carbons (Fsp3) is 0.462. The zero-order valence-electron chi connectivity index (χ0n) is 10.8. The summed E-state index contributed by atoms with van der Waals surface area (Å²) in [7, 11) is 3.28. The monoisotopic (exact) mass is 249 g/mol. The number of hydrazone groups is 1. The topological polar surface area (TPSA) is 60.1 Å². The standard InChI is InChI=1S/C13H19N3O2/c1-17-11-4-3-10(9-12(11)18-2)5-7-16-8-6-13(14)15-16/h3-4,9H,5-8H2,1-2H3,(H2,14,15). The molecule has 0 radical (unpaired) electrons. The maximum Gasteiger partial charge on any atom is 0.160 e. The second-order valence-electron chi connectivity index (χ2n) is 4.23. The van der Waals surface area contributed by atoms with Gasteiger partial charge in [-0.1, -0.05) is 6.07 Å². The minimum atomic E-state index is 0.724. The Morgan fingerprint density at radius 3 is 2.67 bits per heavy atom. The van der Waals surface area contributed by atoms with Crippen LogP contribution in [0.1, 0.15) is 12.0 Å². The summed E-state index contributed by atoms with van der Waals surface area (Å²) in [6.45, 7) is 1.79. The number of benzene rings is 1. The first-order valence-corrected chi connectivity index (χ1v) is 6.01. The van der Waals surface area contributed by atoms with E-state index in [4.69, 9.17) is 15.2 Å². The molecule has 0 saturated carbocycles. The summed E-state index contributed by atoms with van der Waals surface area (Å²) < 4.78 is 10.5. The SMILES string of the molecule is COc1ccc(CCN2CCC(N)=N2)cc1OC. The van der Waals surface area contributed by atoms with Crippen LogP contribution in [-0.4, -0.2) is 38.2 Å². The number of hydrogen-bond acceptors (Lipinski definition) is 5. The maximum atomic E-state index is 5.65. The van der Waals surface area contributed by atoms with E-state index in [0.29, 0.717) is 0 Å². The molecule has 1 heterocycles. The van der Waals surface area contributed by atoms with Crippen molar-refractivity contribution in [2.75, 3.05) is 27.3 Å². The first-order valence-electron chi connectivity index (χ1n) is 6.01. The predicted octanol–water partition coefficient (Wildman–Crippen LogP) is 1.22. The van der Waals surface area contributed by atoms with Crippen molar-refractivity contribution in [1.82, 2.24) is 5.01 Å². The Kier molecular flexibility index (Phi) is 3.92. The zero-order chi connectivity index (χ0) is 13.0. The molecule has 18 heavy (non-hydrogen) atoms. The first-order chi connectivity index (χ1) is 8.72. The highest BCUT2D eigenvalue weighted by atomic mass is 16.5. The van der Waals surface area contributed by atoms with Crippen LogP contribution in [0.4, 0.5) is 0 Å². The van der Waals surface area contributed by atoms with Gasteiger partial charge >= 0.3 is 0 Å². The molecule has 2 rings (SSSR count). The summed E-state index contributed by atoms with van der Waals surface area (Å²) in [6.07, 6.45) is 1.78. The molecule has 2 N–H and O–H groups in total. The van der Waals surface area contributed by atoms with Crippen LogP contribution < -0.4 is 15.2 Å². The summed E-state index contributed by atoms with van der Waals surface area (Å²) in [5, 5.41) is 6.26. The second kappa shape index (κ2) is 5.62. The van der Waals surface area contributed by atoms with Gasteiger partial charge in [-0.15, -0.1) is 0 Å². The Balaban J connectivity index is 1.97. The van der Waals surface area contributed by atoms with Gasteiger partial charge in [-0.25, -0.2) is 0 Å². The smallest absolute Gasteiger partial charge is 0.160 e. The highest BCUT2D eigenvalue weighted by molar-refractivity contribution is 5.81. The van der Waals surface area contributed by atoms with E-state index in [0.717, 1.165) is 43.3 Å². The van der Waals surface area contributed by atoms with Crippen LogP contribution in [0.2, 0.25) is 0 Å². The summed E-state index contributed by atoms with van der Waals surface area (Å²) >= 11 is 0. The molecule has 1 aliphatic rings. The Morgan fingerprint density at radius 2 is 2.06 bits per heavy atom. The highest BCUT2D eigenvalue weighted by Crippen LogP contribution is 2.27. The molecular weight excluding hydrogens is 230 g/mol. The second-order valence-corrected chi connectivity index (χ2v) is 4.23. The van der Waals surface area contributed by atoms with Gasteiger partial charge in [-0.05, 0) is 24.1 Å². The molecule has 1 aromatic carbocycles. The Labute approximate surface area is 107 Å². The maximum absolute atomic E-state index is 5.65. The molecule has 0 atom stereocenters. The molecular formula is C13H19N3O2. The van der Waals surface area contributed by atoms with Gasteiger partial charge in [-0.3, -0.25) is 5.01 Å². The molecule has 1 aromatic rings. The third kappa shape index (κ3) is 2.85. The third-order valence-electron chi connectivity index (χ3n) is 3.00. The summed E-state index contributed by atoms with van der Waals surface area (Å²) in [4.78, 5) is 0. The van der Waals surface area contributed by atoms with Crippen molar-refractivity contribution in [1.29, 1.82) is 0 Å². The van der Waals surface area contributed by atoms with Crippen molar-refractivity contribution >= 4 is 5.84 Å². The normalized spacial score (nSPS) is 14.6. The molecule has 98 valence electrons. The largest absolute Gasteiger partial charge is 0.493 e. The lowest BCUT2D eigenvalue weighted by Crippen LogP contribution is -2.17. The average Bonchev–Trinajstić information content (AvgIpc) is 2.81. The number of amidine groups is 1. The van der Waals surface area contributed by atoms with E-state index >= 15 is 0 Å². The van der Waals surface area contributed by atoms with Crippen LogP contribution in [-0.2, 0) is 6.42 Å². The lowest BCUT2D eigenvalue weighted by atomic mass is 10.1. The molecule has 1 aliphatic heterocycles. The van der Waals surface area contributed by atoms with E-state index in [1.807, 2.05) is 23.2 Å². The van der Waals surface area contributed by atoms with Crippen LogP contribution in [0.25, 0.3) is 0 Å². The number of rotatable bonds is 5. The molecule has 0 saturated heterocycles. The number of methoxy groups -OCH3 is 2. The fourth-order valence-electron chi connectivity index (χ4n) is 1.98. The molecule has 0 spiro atoms. The van der Waals surface area contributed by atoms with Crippen LogP contribution in [0.15, 0.2) is 23.3 Å². The minimum Gasteiger partial charge on any atom is -0.493 e. The van der Waals surface area contributed by atoms with E-state index in [1.165, 1.54) is 5.56 Å². The highest BCUT2D eigenvalue weighted by Gasteiger charge is 2.11. The first kappa shape index (κ1) is 12.5. The van der Waals surface area contributed by atoms with Crippen molar-refractivity contribution in [3.63, 3.8) is 0 Å². The lowest BCUT2D eigenvalue weighted by Gasteiger charge is -2.14. The minimum absolute atomic E-state index is 0.724. The van der Waals surface area contributed by atoms with Gasteiger partial charge in [0.1, 0.15) is 5.84 Å². The molecule has 5 heteroatoms. The van der Waals surface area contributed by atoms with Crippen molar-refractivity contribution < 1.29 is 9.47 Å². The van der Waals surface area contributed by atoms with Crippen molar-refractivity contribution in [2.24, 2.45) is 10.8 Å². The van der Waals surface area contributed by atoms with E-state index in [9.17, 15) is 0 Å². The van der Waals surface area contributed by atoms with Gasteiger partial charge in [-0.2, -0.15) is 5.10 Å². The van der Waals surface area contributed by atoms with Gasteiger partial charge in [0.25, 0.3) is 0 Å². The summed E-state index contributed by atoms with van der Waals surface area (Å²) in [5.74, 6) is 2.24. The van der Waals surface area contributed by atoms with E-state index in [1.54, 1.807) is 14.2 Å². The van der Waals surface area contributed by atoms with Crippen LogP contribution in [0.5, 0.6) is 11.5 Å². The Morgan fingerprint density at radius 1 is 1.28 bits per heavy atom. The van der Waals surface area contributed by atoms with Gasteiger partial charge in [0, 0.05) is 19.5 Å². The Bertz CT molecular complexity index is 446. The van der Waals surface area contributed by atoms with Crippen molar-refractivity contribution in [3.05, 3.63) is 23.8 Å². The number of nitrogens with two attached hydrogens (primary N) is 1. The third-order valence-corrected chi connectivity index (χ3v) is 3.00. The average molecular weight is 249 g/mol. The van der Waals surface area contributed by atoms with Crippen molar-refractivity contribution in [2.45, 2.75) is 12.8 Å². The molecule has 5 nitrogen and oxygen atoms in total. The summed E-state index contributed by atoms with van der Waals surface area (Å²) in [5.41, 5.74) is 6.85. The summed E-state index contributed by atoms with van der Waals surface area (Å²) in [6, 6.07) is 5.97. The van der Waals surface area contributed by atoms with E-state index in [2.05, 4.69) is 5.10 Å². The van der Waals surface area contributed by atoms with Crippen LogP contribution >= 0.6 is 0 Å². The van der Waals surface area contributed by atoms with Gasteiger partial charge in [0.15, 0.2) is 11.5 Å². The number of ether oxygens (including phenoxy) is 2. The molecule has 0 bridgehead atoms. The predicted molar refractivity (Wildman–Crippen MR) is 71.1 cm³/mol. The fourth-order valence-corrected chi connectivity index (χ4v) is 1.98. The lowest BCUT2D eigenvalue weighted by molar-refractivity contribution is 0.321. The van der Waals surface area contributed by atoms with Gasteiger partial charge < -0.3 is 15.2 Å². The quantitative estimate of drug-likeness (QED) is 0.852. The van der Waals surface area contributed by atoms with E-state index < -0.39 is 0 Å². The van der Waals surface area contributed by atoms with Crippen LogP contribution in [0, 0.1) is 0 Å². The molecule has 0 aliphatic carbocycles. The molecule has 0 aromatic heterocycles. The molecule has 0 fully saturated rings. The van der Waals surface area contributed by atoms with Crippen LogP contribution in [0.3, 0.4) is 0 Å². The van der Waals surface area contributed by atoms with Gasteiger partial charge in [0.2, 0.25) is 0 Å². The number of hydrogen-bond donors (Lipinski definition) is 1. The Hall–Kier alpha value is -1.91. The van der Waals surface area contributed by atoms with Gasteiger partial charge in [0.05, 0.1) is 14.2 Å². The molecule has 0 unspecified atom stereocenters. The molecule has 0 amide bonds. The zero-order valence-corrected chi connectivity index (χ0v) is 10.8. The van der Waals surface area contributed by atoms with Crippen molar-refractivity contribution in [3.8, 4) is 11.5 Å². The van der Waals surface area contributed by atoms with E-state index in [-0.39, 0.29) is 0 Å². The number of nitrogens with zero attached hydrogens (tertiary/aromatic N) is 2.